The van der Waals surface area contributed by atoms with Crippen LogP contribution < -0.4 is 5.32 Å². The zero-order valence-corrected chi connectivity index (χ0v) is 15.4. The molecule has 5 nitrogen and oxygen atoms in total. The molecule has 4 fully saturated rings. The lowest BCUT2D eigenvalue weighted by Gasteiger charge is -2.60. The minimum absolute atomic E-state index is 0.0890. The Hall–Kier alpha value is -1.10. The zero-order chi connectivity index (χ0) is 17.8. The van der Waals surface area contributed by atoms with E-state index in [2.05, 4.69) is 19.2 Å². The van der Waals surface area contributed by atoms with Gasteiger partial charge in [-0.15, -0.1) is 0 Å². The number of piperidine rings is 1. The monoisotopic (exact) mass is 349 g/mol. The predicted molar refractivity (Wildman–Crippen MR) is 92.9 cm³/mol. The summed E-state index contributed by atoms with van der Waals surface area (Å²) in [7, 11) is 0. The number of rotatable bonds is 3. The van der Waals surface area contributed by atoms with E-state index in [1.54, 1.807) is 0 Å². The topological polar surface area (TPSA) is 75.6 Å². The van der Waals surface area contributed by atoms with Crippen LogP contribution in [0.2, 0.25) is 0 Å². The highest BCUT2D eigenvalue weighted by molar-refractivity contribution is 5.77. The second-order valence-electron chi connectivity index (χ2n) is 9.40. The SMILES string of the molecule is C[C@]12CCC3C(CC[C@H]4NC(=O)CC[C@]34C)C1CC[C@@H]2OCC(=O)O. The number of hydrogen-bond acceptors (Lipinski definition) is 3. The molecule has 3 saturated carbocycles. The van der Waals surface area contributed by atoms with Crippen molar-refractivity contribution < 1.29 is 19.4 Å². The average Bonchev–Trinajstić information content (AvgIpc) is 2.90. The first-order valence-corrected chi connectivity index (χ1v) is 9.97. The van der Waals surface area contributed by atoms with Crippen LogP contribution in [0.5, 0.6) is 0 Å². The van der Waals surface area contributed by atoms with Gasteiger partial charge in [-0.25, -0.2) is 4.79 Å². The Balaban J connectivity index is 1.54. The van der Waals surface area contributed by atoms with E-state index in [4.69, 9.17) is 9.84 Å². The summed E-state index contributed by atoms with van der Waals surface area (Å²) in [5.74, 6) is 1.38. The first-order chi connectivity index (χ1) is 11.8. The fraction of sp³-hybridized carbons (Fsp3) is 0.900. The standard InChI is InChI=1S/C20H31NO4/c1-19-10-8-17(22)21-15(19)5-3-12-13-4-6-16(25-11-18(23)24)20(13,2)9-7-14(12)19/h12-16H,3-11H2,1-2H3,(H,21,22)(H,23,24)/t12?,13?,14?,15-,16+,19-,20+/m1/s1. The molecule has 0 spiro atoms. The van der Waals surface area contributed by atoms with Crippen molar-refractivity contribution in [1.29, 1.82) is 0 Å². The molecule has 0 bridgehead atoms. The van der Waals surface area contributed by atoms with Gasteiger partial charge in [0.2, 0.25) is 5.91 Å². The van der Waals surface area contributed by atoms with Crippen LogP contribution >= 0.6 is 0 Å². The highest BCUT2D eigenvalue weighted by atomic mass is 16.5. The maximum Gasteiger partial charge on any atom is 0.329 e. The Morgan fingerprint density at radius 1 is 1.12 bits per heavy atom. The molecule has 0 aromatic rings. The molecule has 0 radical (unpaired) electrons. The molecule has 3 unspecified atom stereocenters. The number of fused-ring (bicyclic) bond motifs is 5. The molecule has 4 aliphatic rings. The summed E-state index contributed by atoms with van der Waals surface area (Å²) in [5.41, 5.74) is 0.357. The van der Waals surface area contributed by atoms with Crippen molar-refractivity contribution in [2.75, 3.05) is 6.61 Å². The van der Waals surface area contributed by atoms with E-state index >= 15 is 0 Å². The number of ether oxygens (including phenoxy) is 1. The Labute approximate surface area is 149 Å². The number of aliphatic carboxylic acids is 1. The number of carboxylic acid groups (broad SMARTS) is 1. The molecule has 2 N–H and O–H groups in total. The van der Waals surface area contributed by atoms with Gasteiger partial charge in [-0.2, -0.15) is 0 Å². The molecule has 5 heteroatoms. The van der Waals surface area contributed by atoms with Gasteiger partial charge in [-0.1, -0.05) is 13.8 Å². The van der Waals surface area contributed by atoms with Gasteiger partial charge in [-0.3, -0.25) is 4.79 Å². The fourth-order valence-electron chi connectivity index (χ4n) is 7.10. The van der Waals surface area contributed by atoms with Crippen LogP contribution in [0.4, 0.5) is 0 Å². The lowest BCUT2D eigenvalue weighted by Crippen LogP contribution is -2.61. The summed E-state index contributed by atoms with van der Waals surface area (Å²) < 4.78 is 5.81. The third-order valence-electron chi connectivity index (χ3n) is 8.42. The van der Waals surface area contributed by atoms with Crippen molar-refractivity contribution in [3.8, 4) is 0 Å². The van der Waals surface area contributed by atoms with Crippen molar-refractivity contribution >= 4 is 11.9 Å². The second-order valence-corrected chi connectivity index (χ2v) is 9.40. The van der Waals surface area contributed by atoms with Gasteiger partial charge in [0.15, 0.2) is 0 Å². The molecule has 25 heavy (non-hydrogen) atoms. The lowest BCUT2D eigenvalue weighted by atomic mass is 9.47. The molecular formula is C20H31NO4. The van der Waals surface area contributed by atoms with Gasteiger partial charge >= 0.3 is 5.97 Å². The van der Waals surface area contributed by atoms with E-state index in [1.165, 1.54) is 12.8 Å². The number of nitrogens with one attached hydrogen (secondary N) is 1. The predicted octanol–water partition coefficient (Wildman–Crippen LogP) is 2.98. The summed E-state index contributed by atoms with van der Waals surface area (Å²) in [6, 6.07) is 0.347. The number of carbonyl (C=O) groups excluding carboxylic acids is 1. The van der Waals surface area contributed by atoms with Crippen LogP contribution in [-0.4, -0.2) is 35.7 Å². The van der Waals surface area contributed by atoms with Crippen LogP contribution in [0.1, 0.15) is 65.2 Å². The first kappa shape index (κ1) is 17.3. The Bertz CT molecular complexity index is 578. The number of carboxylic acids is 1. The van der Waals surface area contributed by atoms with Crippen LogP contribution in [-0.2, 0) is 14.3 Å². The third-order valence-corrected chi connectivity index (χ3v) is 8.42. The summed E-state index contributed by atoms with van der Waals surface area (Å²) in [6.45, 7) is 4.57. The first-order valence-electron chi connectivity index (χ1n) is 9.97. The molecule has 3 aliphatic carbocycles. The van der Waals surface area contributed by atoms with E-state index in [0.29, 0.717) is 30.2 Å². The maximum atomic E-state index is 11.8. The van der Waals surface area contributed by atoms with Crippen LogP contribution in [0.3, 0.4) is 0 Å². The van der Waals surface area contributed by atoms with Gasteiger partial charge in [0.05, 0.1) is 6.10 Å². The normalized spacial score (nSPS) is 48.9. The van der Waals surface area contributed by atoms with E-state index in [9.17, 15) is 9.59 Å². The summed E-state index contributed by atoms with van der Waals surface area (Å²) in [4.78, 5) is 22.8. The van der Waals surface area contributed by atoms with Gasteiger partial charge < -0.3 is 15.2 Å². The fourth-order valence-corrected chi connectivity index (χ4v) is 7.10. The molecule has 1 amide bonds. The summed E-state index contributed by atoms with van der Waals surface area (Å²) >= 11 is 0. The largest absolute Gasteiger partial charge is 0.480 e. The van der Waals surface area contributed by atoms with Crippen molar-refractivity contribution in [3.63, 3.8) is 0 Å². The van der Waals surface area contributed by atoms with Gasteiger partial charge in [0, 0.05) is 12.5 Å². The maximum absolute atomic E-state index is 11.8. The smallest absolute Gasteiger partial charge is 0.329 e. The summed E-state index contributed by atoms with van der Waals surface area (Å²) in [5, 5.41) is 12.2. The number of amides is 1. The molecule has 1 heterocycles. The Morgan fingerprint density at radius 3 is 2.64 bits per heavy atom. The molecule has 0 aromatic carbocycles. The highest BCUT2D eigenvalue weighted by Crippen LogP contribution is 2.64. The van der Waals surface area contributed by atoms with Crippen LogP contribution in [0.15, 0.2) is 0 Å². The van der Waals surface area contributed by atoms with Gasteiger partial charge in [0.1, 0.15) is 6.61 Å². The quantitative estimate of drug-likeness (QED) is 0.821. The van der Waals surface area contributed by atoms with E-state index < -0.39 is 5.97 Å². The average molecular weight is 349 g/mol. The Kier molecular flexibility index (Phi) is 4.13. The lowest BCUT2D eigenvalue weighted by molar-refractivity contribution is -0.154. The van der Waals surface area contributed by atoms with Gasteiger partial charge in [-0.05, 0) is 73.5 Å². The van der Waals surface area contributed by atoms with Crippen molar-refractivity contribution in [3.05, 3.63) is 0 Å². The summed E-state index contributed by atoms with van der Waals surface area (Å²) in [6.07, 6.45) is 8.53. The van der Waals surface area contributed by atoms with Gasteiger partial charge in [0.25, 0.3) is 0 Å². The molecule has 1 aliphatic heterocycles. The van der Waals surface area contributed by atoms with E-state index in [0.717, 1.165) is 32.1 Å². The minimum Gasteiger partial charge on any atom is -0.480 e. The number of carbonyl (C=O) groups is 2. The molecule has 1 saturated heterocycles. The molecule has 7 atom stereocenters. The molecule has 140 valence electrons. The van der Waals surface area contributed by atoms with Crippen LogP contribution in [0, 0.1) is 28.6 Å². The van der Waals surface area contributed by atoms with Crippen molar-refractivity contribution in [2.45, 2.75) is 77.4 Å². The molecule has 0 aromatic heterocycles. The Morgan fingerprint density at radius 2 is 1.88 bits per heavy atom. The van der Waals surface area contributed by atoms with E-state index in [1.807, 2.05) is 0 Å². The van der Waals surface area contributed by atoms with E-state index in [-0.39, 0.29) is 29.4 Å². The second kappa shape index (κ2) is 5.97. The van der Waals surface area contributed by atoms with Crippen molar-refractivity contribution in [1.82, 2.24) is 5.32 Å². The molecule has 4 rings (SSSR count). The number of hydrogen-bond donors (Lipinski definition) is 2. The highest BCUT2D eigenvalue weighted by Gasteiger charge is 2.60. The third kappa shape index (κ3) is 2.61. The molecular weight excluding hydrogens is 318 g/mol. The zero-order valence-electron chi connectivity index (χ0n) is 15.4. The minimum atomic E-state index is -0.869. The van der Waals surface area contributed by atoms with Crippen molar-refractivity contribution in [2.24, 2.45) is 28.6 Å². The van der Waals surface area contributed by atoms with Crippen LogP contribution in [0.25, 0.3) is 0 Å².